The number of aliphatic hydroxyl groups is 1. The van der Waals surface area contributed by atoms with E-state index in [-0.39, 0.29) is 19.1 Å². The number of phosphoric ester groups is 1. The highest BCUT2D eigenvalue weighted by Crippen LogP contribution is 2.38. The molecule has 72 heavy (non-hydrogen) atoms. The summed E-state index contributed by atoms with van der Waals surface area (Å²) in [6, 6.07) is -0.890. The predicted octanol–water partition coefficient (Wildman–Crippen LogP) is 17.3. The van der Waals surface area contributed by atoms with Crippen LogP contribution in [0.25, 0.3) is 0 Å². The zero-order chi connectivity index (χ0) is 52.7. The molecule has 8 nitrogen and oxygen atoms in total. The monoisotopic (exact) mass is 1020 g/mol. The van der Waals surface area contributed by atoms with Crippen molar-refractivity contribution >= 4 is 13.7 Å². The SMILES string of the molecule is CC/C=C\C/C=C\C/C=C\C/C=C\C/C=C\C/C=C\C/C=C\C/C=C\CCCCCCCCCCCCCCCCC(=O)NC(COP(=O)([O-])OCC[N+](C)(C)C)C(O)/C=C/CCCCCCCCCCC. The summed E-state index contributed by atoms with van der Waals surface area (Å²) in [5.74, 6) is -0.203. The van der Waals surface area contributed by atoms with Crippen LogP contribution in [0, 0.1) is 0 Å². The lowest BCUT2D eigenvalue weighted by molar-refractivity contribution is -0.870. The summed E-state index contributed by atoms with van der Waals surface area (Å²) >= 11 is 0. The zero-order valence-corrected chi connectivity index (χ0v) is 48.0. The Bertz CT molecular complexity index is 1540. The number of nitrogens with one attached hydrogen (secondary N) is 1. The fraction of sp³-hybridized carbons (Fsp3) is 0.698. The molecule has 0 spiro atoms. The fourth-order valence-electron chi connectivity index (χ4n) is 7.93. The molecule has 2 N–H and O–H groups in total. The van der Waals surface area contributed by atoms with Gasteiger partial charge >= 0.3 is 0 Å². The van der Waals surface area contributed by atoms with Gasteiger partial charge in [0.25, 0.3) is 7.82 Å². The summed E-state index contributed by atoms with van der Waals surface area (Å²) in [7, 11) is 1.25. The first-order valence-corrected chi connectivity index (χ1v) is 30.7. The largest absolute Gasteiger partial charge is 0.756 e. The van der Waals surface area contributed by atoms with Gasteiger partial charge in [0.15, 0.2) is 0 Å². The number of nitrogens with zero attached hydrogens (tertiary/aromatic N) is 1. The molecule has 0 aliphatic carbocycles. The van der Waals surface area contributed by atoms with E-state index in [0.29, 0.717) is 17.4 Å². The number of carbonyl (C=O) groups is 1. The van der Waals surface area contributed by atoms with Gasteiger partial charge in [0.2, 0.25) is 5.91 Å². The predicted molar refractivity (Wildman–Crippen MR) is 311 cm³/mol. The summed E-state index contributed by atoms with van der Waals surface area (Å²) in [4.78, 5) is 25.4. The normalized spacial score (nSPS) is 14.7. The van der Waals surface area contributed by atoms with E-state index >= 15 is 0 Å². The van der Waals surface area contributed by atoms with E-state index in [9.17, 15) is 19.4 Å². The average molecular weight is 1020 g/mol. The van der Waals surface area contributed by atoms with Crippen LogP contribution >= 0.6 is 7.82 Å². The molecule has 0 aromatic carbocycles. The Morgan fingerprint density at radius 2 is 0.847 bits per heavy atom. The van der Waals surface area contributed by atoms with E-state index in [2.05, 4.69) is 116 Å². The van der Waals surface area contributed by atoms with Crippen LogP contribution in [-0.2, 0) is 18.4 Å². The van der Waals surface area contributed by atoms with Crippen LogP contribution in [0.4, 0.5) is 0 Å². The molecule has 9 heteroatoms. The number of quaternary nitrogens is 1. The van der Waals surface area contributed by atoms with Crippen molar-refractivity contribution in [2.24, 2.45) is 0 Å². The molecular weight excluding hydrogens is 912 g/mol. The van der Waals surface area contributed by atoms with Crippen molar-refractivity contribution in [1.82, 2.24) is 5.32 Å². The molecule has 0 radical (unpaired) electrons. The minimum atomic E-state index is -4.59. The number of aliphatic hydroxyl groups excluding tert-OH is 1. The Morgan fingerprint density at radius 1 is 0.500 bits per heavy atom. The van der Waals surface area contributed by atoms with E-state index in [1.54, 1.807) is 6.08 Å². The summed E-state index contributed by atoms with van der Waals surface area (Å²) < 4.78 is 23.3. The van der Waals surface area contributed by atoms with Crippen molar-refractivity contribution in [1.29, 1.82) is 0 Å². The van der Waals surface area contributed by atoms with Crippen molar-refractivity contribution in [2.45, 2.75) is 244 Å². The third-order valence-corrected chi connectivity index (χ3v) is 13.5. The molecule has 3 unspecified atom stereocenters. The third-order valence-electron chi connectivity index (χ3n) is 12.5. The lowest BCUT2D eigenvalue weighted by Crippen LogP contribution is -2.45. The van der Waals surface area contributed by atoms with Gasteiger partial charge in [0.1, 0.15) is 13.2 Å². The number of phosphoric acid groups is 1. The molecule has 0 saturated carbocycles. The number of hydrogen-bond acceptors (Lipinski definition) is 6. The van der Waals surface area contributed by atoms with Gasteiger partial charge in [-0.05, 0) is 83.5 Å². The first-order chi connectivity index (χ1) is 35.0. The van der Waals surface area contributed by atoms with Crippen molar-refractivity contribution in [3.63, 3.8) is 0 Å². The summed E-state index contributed by atoms with van der Waals surface area (Å²) in [5, 5.41) is 13.8. The maximum atomic E-state index is 12.9. The van der Waals surface area contributed by atoms with Crippen LogP contribution in [0.5, 0.6) is 0 Å². The fourth-order valence-corrected chi connectivity index (χ4v) is 8.66. The number of rotatable bonds is 52. The van der Waals surface area contributed by atoms with Gasteiger partial charge in [-0.1, -0.05) is 252 Å². The standard InChI is InChI=1S/C63H111N2O6P/c1-6-8-10-12-14-16-18-19-20-21-22-23-24-25-26-27-28-29-30-31-32-33-34-35-36-37-38-39-40-41-42-43-44-45-47-49-51-53-55-57-63(67)64-61(60-71-72(68,69)70-59-58-65(3,4)5)62(66)56-54-52-50-48-46-17-15-13-11-9-7-2/h8,10,14,16,19-20,22-23,25-26,28-29,31-32,34-35,54,56,61-62,66H,6-7,9,11-13,15,17-18,21,24,27,30,33,36-53,55,57-60H2,1-5H3,(H-,64,67,68,69)/b10-8-,16-14-,20-19-,23-22-,26-25-,29-28-,32-31-,35-34-,56-54+. The van der Waals surface area contributed by atoms with Gasteiger partial charge in [-0.2, -0.15) is 0 Å². The number of carbonyl (C=O) groups excluding carboxylic acids is 1. The highest BCUT2D eigenvalue weighted by Gasteiger charge is 2.23. The topological polar surface area (TPSA) is 108 Å². The summed E-state index contributed by atoms with van der Waals surface area (Å²) in [6.07, 6.45) is 77.5. The Balaban J connectivity index is 4.00. The zero-order valence-electron chi connectivity index (χ0n) is 47.1. The Hall–Kier alpha value is -2.84. The smallest absolute Gasteiger partial charge is 0.268 e. The Kier molecular flexibility index (Phi) is 50.9. The molecule has 0 aromatic rings. The van der Waals surface area contributed by atoms with Crippen molar-refractivity contribution in [2.75, 3.05) is 40.9 Å². The van der Waals surface area contributed by atoms with Crippen LogP contribution in [-0.4, -0.2) is 68.5 Å². The van der Waals surface area contributed by atoms with Gasteiger partial charge in [0, 0.05) is 6.42 Å². The Morgan fingerprint density at radius 3 is 1.24 bits per heavy atom. The molecule has 0 rings (SSSR count). The molecule has 0 aliphatic rings. The van der Waals surface area contributed by atoms with Gasteiger partial charge in [0.05, 0.1) is 39.9 Å². The average Bonchev–Trinajstić information content (AvgIpc) is 3.34. The van der Waals surface area contributed by atoms with Crippen LogP contribution < -0.4 is 10.2 Å². The van der Waals surface area contributed by atoms with Crippen molar-refractivity contribution < 1.29 is 32.9 Å². The van der Waals surface area contributed by atoms with E-state index in [1.807, 2.05) is 27.2 Å². The van der Waals surface area contributed by atoms with Crippen LogP contribution in [0.15, 0.2) is 109 Å². The minimum absolute atomic E-state index is 0.00466. The second kappa shape index (κ2) is 53.0. The summed E-state index contributed by atoms with van der Waals surface area (Å²) in [6.45, 7) is 4.51. The molecule has 0 aromatic heterocycles. The second-order valence-corrected chi connectivity index (χ2v) is 22.0. The number of unbranched alkanes of at least 4 members (excludes halogenated alkanes) is 23. The first kappa shape index (κ1) is 69.2. The van der Waals surface area contributed by atoms with Gasteiger partial charge in [-0.15, -0.1) is 0 Å². The lowest BCUT2D eigenvalue weighted by atomic mass is 10.0. The van der Waals surface area contributed by atoms with Crippen molar-refractivity contribution in [3.05, 3.63) is 109 Å². The lowest BCUT2D eigenvalue weighted by Gasteiger charge is -2.29. The second-order valence-electron chi connectivity index (χ2n) is 20.6. The van der Waals surface area contributed by atoms with E-state index in [4.69, 9.17) is 9.05 Å². The number of likely N-dealkylation sites (N-methyl/N-ethyl adjacent to an activating group) is 1. The van der Waals surface area contributed by atoms with Crippen LogP contribution in [0.1, 0.15) is 232 Å². The minimum Gasteiger partial charge on any atom is -0.756 e. The molecule has 3 atom stereocenters. The molecular formula is C63H111N2O6P. The Labute approximate surface area is 444 Å². The quantitative estimate of drug-likeness (QED) is 0.0272. The van der Waals surface area contributed by atoms with Crippen LogP contribution in [0.2, 0.25) is 0 Å². The van der Waals surface area contributed by atoms with E-state index in [1.165, 1.54) is 122 Å². The molecule has 0 bridgehead atoms. The molecule has 1 amide bonds. The number of hydrogen-bond donors (Lipinski definition) is 2. The van der Waals surface area contributed by atoms with E-state index < -0.39 is 20.0 Å². The highest BCUT2D eigenvalue weighted by atomic mass is 31.2. The van der Waals surface area contributed by atoms with E-state index in [0.717, 1.165) is 89.9 Å². The highest BCUT2D eigenvalue weighted by molar-refractivity contribution is 7.45. The maximum absolute atomic E-state index is 12.9. The van der Waals surface area contributed by atoms with Gasteiger partial charge < -0.3 is 28.8 Å². The van der Waals surface area contributed by atoms with Crippen LogP contribution in [0.3, 0.4) is 0 Å². The van der Waals surface area contributed by atoms with Gasteiger partial charge in [-0.25, -0.2) is 0 Å². The molecule has 0 heterocycles. The molecule has 0 saturated heterocycles. The van der Waals surface area contributed by atoms with Gasteiger partial charge in [-0.3, -0.25) is 9.36 Å². The molecule has 0 aliphatic heterocycles. The number of allylic oxidation sites excluding steroid dienone is 17. The molecule has 0 fully saturated rings. The van der Waals surface area contributed by atoms with Crippen molar-refractivity contribution in [3.8, 4) is 0 Å². The maximum Gasteiger partial charge on any atom is 0.268 e. The number of amides is 1. The third kappa shape index (κ3) is 54.9. The summed E-state index contributed by atoms with van der Waals surface area (Å²) in [5.41, 5.74) is 0. The molecule has 414 valence electrons. The first-order valence-electron chi connectivity index (χ1n) is 29.2.